The first kappa shape index (κ1) is 22.1. The van der Waals surface area contributed by atoms with Crippen LogP contribution in [0.25, 0.3) is 11.4 Å². The van der Waals surface area contributed by atoms with Crippen molar-refractivity contribution in [2.24, 2.45) is 0 Å². The van der Waals surface area contributed by atoms with E-state index in [1.54, 1.807) is 12.4 Å². The predicted molar refractivity (Wildman–Crippen MR) is 107 cm³/mol. The second-order valence-electron chi connectivity index (χ2n) is 6.81. The van der Waals surface area contributed by atoms with Crippen molar-refractivity contribution in [1.82, 2.24) is 9.97 Å². The second-order valence-corrected chi connectivity index (χ2v) is 6.81. The number of nitrogens with zero attached hydrogens (tertiary/aromatic N) is 2. The average molecular weight is 392 g/mol. The summed E-state index contributed by atoms with van der Waals surface area (Å²) in [5.74, 6) is 1.79. The van der Waals surface area contributed by atoms with Gasteiger partial charge in [-0.2, -0.15) is 0 Å². The van der Waals surface area contributed by atoms with Gasteiger partial charge in [-0.15, -0.1) is 0 Å². The zero-order chi connectivity index (χ0) is 20.2. The molecule has 0 radical (unpaired) electrons. The molecule has 0 aliphatic heterocycles. The van der Waals surface area contributed by atoms with Crippen molar-refractivity contribution in [3.8, 4) is 22.9 Å². The number of ether oxygens (including phenoxy) is 2. The molecule has 0 N–H and O–H groups in total. The second kappa shape index (κ2) is 12.3. The van der Waals surface area contributed by atoms with Gasteiger partial charge in [0.15, 0.2) is 11.6 Å². The van der Waals surface area contributed by atoms with Gasteiger partial charge >= 0.3 is 0 Å². The molecule has 1 heterocycles. The highest BCUT2D eigenvalue weighted by Gasteiger charge is 2.08. The monoisotopic (exact) mass is 392 g/mol. The molecule has 0 spiro atoms. The largest absolute Gasteiger partial charge is 0.493 e. The Morgan fingerprint density at radius 3 is 1.75 bits per heavy atom. The number of aromatic nitrogens is 2. The van der Waals surface area contributed by atoms with Gasteiger partial charge in [-0.05, 0) is 37.1 Å². The van der Waals surface area contributed by atoms with E-state index in [1.807, 2.05) is 38.1 Å². The lowest BCUT2D eigenvalue weighted by atomic mass is 10.2. The van der Waals surface area contributed by atoms with Crippen LogP contribution < -0.4 is 9.47 Å². The van der Waals surface area contributed by atoms with Gasteiger partial charge in [0, 0.05) is 18.4 Å². The summed E-state index contributed by atoms with van der Waals surface area (Å²) in [7, 11) is 0. The topological polar surface area (TPSA) is 44.2 Å². The summed E-state index contributed by atoms with van der Waals surface area (Å²) < 4.78 is 38.0. The minimum absolute atomic E-state index is 0.313. The summed E-state index contributed by atoms with van der Waals surface area (Å²) in [6, 6.07) is 7.38. The lowest BCUT2D eigenvalue weighted by Gasteiger charge is -2.10. The summed E-state index contributed by atoms with van der Waals surface area (Å²) in [6.07, 6.45) is 5.14. The van der Waals surface area contributed by atoms with Crippen LogP contribution in [0.2, 0.25) is 0 Å². The molecule has 2 aromatic rings. The normalized spacial score (nSPS) is 13.1. The van der Waals surface area contributed by atoms with E-state index in [1.165, 1.54) is 0 Å². The highest BCUT2D eigenvalue weighted by atomic mass is 19.1. The Morgan fingerprint density at radius 2 is 1.25 bits per heavy atom. The molecule has 0 aliphatic carbocycles. The number of hydrogen-bond donors (Lipinski definition) is 0. The van der Waals surface area contributed by atoms with Crippen LogP contribution in [0.5, 0.6) is 11.5 Å². The van der Waals surface area contributed by atoms with Gasteiger partial charge in [0.1, 0.15) is 18.1 Å². The zero-order valence-electron chi connectivity index (χ0n) is 16.7. The van der Waals surface area contributed by atoms with Gasteiger partial charge in [-0.3, -0.25) is 0 Å². The van der Waals surface area contributed by atoms with Crippen LogP contribution in [0, 0.1) is 0 Å². The van der Waals surface area contributed by atoms with E-state index in [9.17, 15) is 8.78 Å². The van der Waals surface area contributed by atoms with Crippen molar-refractivity contribution in [3.05, 3.63) is 36.7 Å². The Morgan fingerprint density at radius 1 is 0.750 bits per heavy atom. The third-order valence-corrected chi connectivity index (χ3v) is 4.34. The van der Waals surface area contributed by atoms with Crippen molar-refractivity contribution >= 4 is 0 Å². The summed E-state index contributed by atoms with van der Waals surface area (Å²) in [6.45, 7) is 4.61. The minimum Gasteiger partial charge on any atom is -0.493 e. The Labute approximate surface area is 166 Å². The first-order valence-electron chi connectivity index (χ1n) is 10.1. The number of rotatable bonds is 13. The third-order valence-electron chi connectivity index (χ3n) is 4.34. The predicted octanol–water partition coefficient (Wildman–Crippen LogP) is 5.96. The molecule has 28 heavy (non-hydrogen) atoms. The summed E-state index contributed by atoms with van der Waals surface area (Å²) in [5, 5.41) is 0. The number of alkyl halides is 2. The zero-order valence-corrected chi connectivity index (χ0v) is 16.7. The van der Waals surface area contributed by atoms with Crippen LogP contribution in [0.4, 0.5) is 8.78 Å². The van der Waals surface area contributed by atoms with Crippen molar-refractivity contribution in [2.45, 2.75) is 64.7 Å². The third kappa shape index (κ3) is 7.79. The molecule has 0 saturated carbocycles. The maximum Gasteiger partial charge on any atom is 0.159 e. The molecule has 2 rings (SSSR count). The summed E-state index contributed by atoms with van der Waals surface area (Å²) >= 11 is 0. The van der Waals surface area contributed by atoms with E-state index >= 15 is 0 Å². The van der Waals surface area contributed by atoms with Crippen LogP contribution in [-0.2, 0) is 0 Å². The molecular formula is C22H30F2N2O2. The number of hydrogen-bond acceptors (Lipinski definition) is 4. The van der Waals surface area contributed by atoms with Gasteiger partial charge in [0.05, 0.1) is 25.6 Å². The van der Waals surface area contributed by atoms with Gasteiger partial charge in [-0.25, -0.2) is 18.7 Å². The lowest BCUT2D eigenvalue weighted by Crippen LogP contribution is -2.07. The van der Waals surface area contributed by atoms with E-state index < -0.39 is 12.3 Å². The average Bonchev–Trinajstić information content (AvgIpc) is 2.70. The van der Waals surface area contributed by atoms with Crippen LogP contribution in [0.15, 0.2) is 36.7 Å². The minimum atomic E-state index is -0.826. The van der Waals surface area contributed by atoms with Crippen molar-refractivity contribution in [3.63, 3.8) is 0 Å². The van der Waals surface area contributed by atoms with E-state index in [0.29, 0.717) is 56.2 Å². The molecule has 2 atom stereocenters. The molecule has 154 valence electrons. The molecule has 0 unspecified atom stereocenters. The summed E-state index contributed by atoms with van der Waals surface area (Å²) in [5.41, 5.74) is 0.847. The Balaban J connectivity index is 1.80. The molecule has 0 saturated heterocycles. The number of halogens is 2. The fourth-order valence-corrected chi connectivity index (χ4v) is 2.76. The Hall–Kier alpha value is -2.24. The standard InChI is InChI=1S/C22H30F2N2O2/c1-3-5-18(23)11-13-27-20-9-7-17(8-10-20)22-25-15-21(16-26-22)28-14-12-19(24)6-4-2/h7-10,15-16,18-19H,3-6,11-14H2,1-2H3/t18-,19+/m1/s1. The first-order chi connectivity index (χ1) is 13.6. The first-order valence-corrected chi connectivity index (χ1v) is 10.1. The van der Waals surface area contributed by atoms with E-state index in [4.69, 9.17) is 9.47 Å². The molecule has 0 bridgehead atoms. The molecular weight excluding hydrogens is 362 g/mol. The molecule has 0 aliphatic rings. The van der Waals surface area contributed by atoms with Crippen molar-refractivity contribution in [2.75, 3.05) is 13.2 Å². The highest BCUT2D eigenvalue weighted by Crippen LogP contribution is 2.21. The lowest BCUT2D eigenvalue weighted by molar-refractivity contribution is 0.224. The van der Waals surface area contributed by atoms with Crippen LogP contribution in [0.1, 0.15) is 52.4 Å². The Bertz CT molecular complexity index is 606. The molecule has 1 aromatic heterocycles. The molecule has 0 amide bonds. The van der Waals surface area contributed by atoms with Gasteiger partial charge < -0.3 is 9.47 Å². The van der Waals surface area contributed by atoms with Crippen LogP contribution >= 0.6 is 0 Å². The molecule has 6 heteroatoms. The maximum absolute atomic E-state index is 13.5. The highest BCUT2D eigenvalue weighted by molar-refractivity contribution is 5.56. The fourth-order valence-electron chi connectivity index (χ4n) is 2.76. The van der Waals surface area contributed by atoms with Crippen molar-refractivity contribution in [1.29, 1.82) is 0 Å². The molecule has 4 nitrogen and oxygen atoms in total. The van der Waals surface area contributed by atoms with Gasteiger partial charge in [0.2, 0.25) is 0 Å². The van der Waals surface area contributed by atoms with Gasteiger partial charge in [0.25, 0.3) is 0 Å². The van der Waals surface area contributed by atoms with Gasteiger partial charge in [-0.1, -0.05) is 26.7 Å². The maximum atomic E-state index is 13.5. The smallest absolute Gasteiger partial charge is 0.159 e. The molecule has 0 fully saturated rings. The Kier molecular flexibility index (Phi) is 9.66. The van der Waals surface area contributed by atoms with E-state index in [2.05, 4.69) is 9.97 Å². The van der Waals surface area contributed by atoms with Crippen LogP contribution in [0.3, 0.4) is 0 Å². The molecule has 1 aromatic carbocycles. The summed E-state index contributed by atoms with van der Waals surface area (Å²) in [4.78, 5) is 8.60. The quantitative estimate of drug-likeness (QED) is 0.422. The van der Waals surface area contributed by atoms with E-state index in [0.717, 1.165) is 18.4 Å². The number of benzene rings is 1. The van der Waals surface area contributed by atoms with Crippen LogP contribution in [-0.4, -0.2) is 35.5 Å². The van der Waals surface area contributed by atoms with Crippen molar-refractivity contribution < 1.29 is 18.3 Å². The van der Waals surface area contributed by atoms with E-state index in [-0.39, 0.29) is 0 Å². The fraction of sp³-hybridized carbons (Fsp3) is 0.545. The SMILES string of the molecule is CCC[C@@H](F)CCOc1ccc(-c2ncc(OCC[C@@H](F)CCC)cn2)cc1.